The summed E-state index contributed by atoms with van der Waals surface area (Å²) < 4.78 is 22.5. The first kappa shape index (κ1) is 29.8. The van der Waals surface area contributed by atoms with Crippen LogP contribution in [-0.4, -0.2) is 24.5 Å². The van der Waals surface area contributed by atoms with Crippen LogP contribution < -0.4 is 35.3 Å². The first-order valence-electron chi connectivity index (χ1n) is 14.4. The van der Waals surface area contributed by atoms with Gasteiger partial charge in [0.15, 0.2) is 11.5 Å². The molecular formula is C36H29N3O7. The van der Waals surface area contributed by atoms with Crippen LogP contribution in [0, 0.1) is 0 Å². The Morgan fingerprint density at radius 1 is 0.717 bits per heavy atom. The Kier molecular flexibility index (Phi) is 8.78. The highest BCUT2D eigenvalue weighted by atomic mass is 16.7. The lowest BCUT2D eigenvalue weighted by atomic mass is 10.0. The number of nitrogens with two attached hydrogens (primary N) is 1. The Balaban J connectivity index is 1.18. The van der Waals surface area contributed by atoms with Gasteiger partial charge in [0.2, 0.25) is 12.7 Å². The lowest BCUT2D eigenvalue weighted by Gasteiger charge is -2.20. The summed E-state index contributed by atoms with van der Waals surface area (Å²) in [4.78, 5) is 38.7. The lowest BCUT2D eigenvalue weighted by molar-refractivity contribution is -0.118. The Morgan fingerprint density at radius 2 is 1.43 bits per heavy atom. The largest absolute Gasteiger partial charge is 0.489 e. The second kappa shape index (κ2) is 13.6. The molecular weight excluding hydrogens is 586 g/mol. The first-order valence-corrected chi connectivity index (χ1v) is 14.4. The van der Waals surface area contributed by atoms with E-state index in [4.69, 9.17) is 24.7 Å². The summed E-state index contributed by atoms with van der Waals surface area (Å²) in [7, 11) is 0. The van der Waals surface area contributed by atoms with Gasteiger partial charge in [0, 0.05) is 22.9 Å². The van der Waals surface area contributed by atoms with Gasteiger partial charge in [0.25, 0.3) is 11.8 Å². The van der Waals surface area contributed by atoms with Crippen molar-refractivity contribution in [1.82, 2.24) is 5.32 Å². The van der Waals surface area contributed by atoms with E-state index >= 15 is 0 Å². The zero-order valence-corrected chi connectivity index (χ0v) is 24.5. The molecule has 46 heavy (non-hydrogen) atoms. The van der Waals surface area contributed by atoms with E-state index in [1.807, 2.05) is 30.3 Å². The van der Waals surface area contributed by atoms with Crippen molar-refractivity contribution in [3.05, 3.63) is 144 Å². The third kappa shape index (κ3) is 7.25. The fraction of sp³-hybridized carbons (Fsp3) is 0.0833. The Morgan fingerprint density at radius 3 is 2.20 bits per heavy atom. The molecule has 0 saturated carbocycles. The van der Waals surface area contributed by atoms with Crippen LogP contribution in [0.25, 0.3) is 0 Å². The topological polar surface area (TPSA) is 138 Å². The molecule has 5 aromatic carbocycles. The Bertz CT molecular complexity index is 1860. The fourth-order valence-corrected chi connectivity index (χ4v) is 4.73. The highest BCUT2D eigenvalue weighted by molar-refractivity contribution is 6.02. The van der Waals surface area contributed by atoms with E-state index in [9.17, 15) is 14.4 Å². The van der Waals surface area contributed by atoms with Crippen LogP contribution >= 0.6 is 0 Å². The van der Waals surface area contributed by atoms with Crippen molar-refractivity contribution in [2.24, 2.45) is 5.73 Å². The summed E-state index contributed by atoms with van der Waals surface area (Å²) in [5.41, 5.74) is 7.85. The van der Waals surface area contributed by atoms with Gasteiger partial charge in [0.05, 0.1) is 0 Å². The van der Waals surface area contributed by atoms with Crippen molar-refractivity contribution in [2.45, 2.75) is 12.6 Å². The van der Waals surface area contributed by atoms with Crippen LogP contribution in [0.2, 0.25) is 0 Å². The van der Waals surface area contributed by atoms with E-state index in [0.29, 0.717) is 52.2 Å². The van der Waals surface area contributed by atoms with Gasteiger partial charge in [-0.05, 0) is 77.9 Å². The molecule has 1 atom stereocenters. The quantitative estimate of drug-likeness (QED) is 0.166. The minimum atomic E-state index is -1.09. The van der Waals surface area contributed by atoms with Gasteiger partial charge >= 0.3 is 0 Å². The van der Waals surface area contributed by atoms with Crippen LogP contribution in [0.15, 0.2) is 121 Å². The standard InChI is InChI=1S/C36H29N3O7/c37-34(40)26-7-4-8-27(19-26)38-36(42)33(24-9-13-28(14-10-24)43-21-23-5-2-1-3-6-23)39-35(41)25-11-15-29(16-12-25)46-30-17-18-31-32(20-30)45-22-44-31/h1-20,33H,21-22H2,(H2,37,40)(H,38,42)(H,39,41)/t33-/m0/s1. The zero-order valence-electron chi connectivity index (χ0n) is 24.5. The average Bonchev–Trinajstić information content (AvgIpc) is 3.55. The number of hydrogen-bond acceptors (Lipinski definition) is 7. The summed E-state index contributed by atoms with van der Waals surface area (Å²) in [6.45, 7) is 0.541. The molecule has 0 unspecified atom stereocenters. The number of amides is 3. The van der Waals surface area contributed by atoms with Crippen molar-refractivity contribution < 1.29 is 33.3 Å². The molecule has 1 aliphatic rings. The van der Waals surface area contributed by atoms with E-state index in [1.165, 1.54) is 6.07 Å². The smallest absolute Gasteiger partial charge is 0.252 e. The summed E-state index contributed by atoms with van der Waals surface area (Å²) >= 11 is 0. The molecule has 5 aromatic rings. The molecule has 1 heterocycles. The van der Waals surface area contributed by atoms with Gasteiger partial charge in [0.1, 0.15) is 29.9 Å². The molecule has 3 amide bonds. The van der Waals surface area contributed by atoms with Gasteiger partial charge in [-0.2, -0.15) is 0 Å². The monoisotopic (exact) mass is 615 g/mol. The first-order chi connectivity index (χ1) is 22.4. The number of fused-ring (bicyclic) bond motifs is 1. The highest BCUT2D eigenvalue weighted by Crippen LogP contribution is 2.36. The molecule has 0 aliphatic carbocycles. The van der Waals surface area contributed by atoms with Crippen molar-refractivity contribution in [3.8, 4) is 28.7 Å². The minimum Gasteiger partial charge on any atom is -0.489 e. The molecule has 230 valence electrons. The van der Waals surface area contributed by atoms with Crippen molar-refractivity contribution in [1.29, 1.82) is 0 Å². The summed E-state index contributed by atoms with van der Waals surface area (Å²) in [5.74, 6) is 1.27. The van der Waals surface area contributed by atoms with Crippen LogP contribution in [0.5, 0.6) is 28.7 Å². The molecule has 6 rings (SSSR count). The van der Waals surface area contributed by atoms with Crippen LogP contribution in [0.3, 0.4) is 0 Å². The summed E-state index contributed by atoms with van der Waals surface area (Å²) in [6.07, 6.45) is 0. The molecule has 0 bridgehead atoms. The highest BCUT2D eigenvalue weighted by Gasteiger charge is 2.24. The predicted molar refractivity (Wildman–Crippen MR) is 170 cm³/mol. The van der Waals surface area contributed by atoms with E-state index in [-0.39, 0.29) is 12.4 Å². The maximum atomic E-state index is 13.6. The molecule has 1 aliphatic heterocycles. The molecule has 0 aromatic heterocycles. The number of primary amides is 1. The van der Waals surface area contributed by atoms with Crippen LogP contribution in [0.1, 0.15) is 37.9 Å². The number of hydrogen-bond donors (Lipinski definition) is 3. The average molecular weight is 616 g/mol. The molecule has 0 radical (unpaired) electrons. The van der Waals surface area contributed by atoms with Gasteiger partial charge in [-0.15, -0.1) is 0 Å². The summed E-state index contributed by atoms with van der Waals surface area (Å²) in [5, 5.41) is 5.60. The van der Waals surface area contributed by atoms with Crippen LogP contribution in [-0.2, 0) is 11.4 Å². The minimum absolute atomic E-state index is 0.160. The van der Waals surface area contributed by atoms with E-state index in [0.717, 1.165) is 5.56 Å². The molecule has 0 spiro atoms. The van der Waals surface area contributed by atoms with Crippen molar-refractivity contribution in [2.75, 3.05) is 12.1 Å². The lowest BCUT2D eigenvalue weighted by Crippen LogP contribution is -2.37. The molecule has 4 N–H and O–H groups in total. The second-order valence-electron chi connectivity index (χ2n) is 10.3. The van der Waals surface area contributed by atoms with E-state index < -0.39 is 23.8 Å². The van der Waals surface area contributed by atoms with Gasteiger partial charge in [-0.1, -0.05) is 48.5 Å². The van der Waals surface area contributed by atoms with Crippen molar-refractivity contribution >= 4 is 23.4 Å². The number of ether oxygens (including phenoxy) is 4. The zero-order chi connectivity index (χ0) is 31.9. The molecule has 10 heteroatoms. The summed E-state index contributed by atoms with van der Waals surface area (Å²) in [6, 6.07) is 33.6. The number of nitrogens with one attached hydrogen (secondary N) is 2. The van der Waals surface area contributed by atoms with Gasteiger partial charge < -0.3 is 35.3 Å². The predicted octanol–water partition coefficient (Wildman–Crippen LogP) is 6.00. The Hall–Kier alpha value is -6.29. The third-order valence-corrected chi connectivity index (χ3v) is 7.11. The molecule has 0 fully saturated rings. The third-order valence-electron chi connectivity index (χ3n) is 7.11. The van der Waals surface area contributed by atoms with E-state index in [2.05, 4.69) is 10.6 Å². The normalized spacial score (nSPS) is 12.1. The number of anilines is 1. The molecule has 0 saturated heterocycles. The maximum Gasteiger partial charge on any atom is 0.252 e. The number of benzene rings is 5. The number of rotatable bonds is 11. The Labute approximate surface area is 264 Å². The fourth-order valence-electron chi connectivity index (χ4n) is 4.73. The van der Waals surface area contributed by atoms with Crippen molar-refractivity contribution in [3.63, 3.8) is 0 Å². The van der Waals surface area contributed by atoms with Gasteiger partial charge in [-0.25, -0.2) is 0 Å². The maximum absolute atomic E-state index is 13.6. The van der Waals surface area contributed by atoms with Gasteiger partial charge in [-0.3, -0.25) is 14.4 Å². The second-order valence-corrected chi connectivity index (χ2v) is 10.3. The number of carbonyl (C=O) groups is 3. The number of carbonyl (C=O) groups excluding carboxylic acids is 3. The van der Waals surface area contributed by atoms with Crippen LogP contribution in [0.4, 0.5) is 5.69 Å². The molecule has 10 nitrogen and oxygen atoms in total. The SMILES string of the molecule is NC(=O)c1cccc(NC(=O)[C@@H](NC(=O)c2ccc(Oc3ccc4c(c3)OCO4)cc2)c2ccc(OCc3ccccc3)cc2)c1. The van der Waals surface area contributed by atoms with E-state index in [1.54, 1.807) is 84.9 Å².